The molecule has 3 rings (SSSR count). The summed E-state index contributed by atoms with van der Waals surface area (Å²) in [6.45, 7) is 0. The molecule has 0 bridgehead atoms. The van der Waals surface area contributed by atoms with Crippen LogP contribution in [0.5, 0.6) is 0 Å². The number of hydrogen-bond acceptors (Lipinski definition) is 2. The Morgan fingerprint density at radius 1 is 0.522 bits per heavy atom. The monoisotopic (exact) mass is 292 g/mol. The average Bonchev–Trinajstić information content (AvgIpc) is 2.51. The van der Waals surface area contributed by atoms with E-state index in [2.05, 4.69) is 0 Å². The Bertz CT molecular complexity index is 934. The van der Waals surface area contributed by atoms with Crippen LogP contribution < -0.4 is 38.2 Å². The molecule has 0 unspecified atom stereocenters. The lowest BCUT2D eigenvalue weighted by molar-refractivity contribution is 0.0982. The van der Waals surface area contributed by atoms with Crippen molar-refractivity contribution in [2.75, 3.05) is 0 Å². The van der Waals surface area contributed by atoms with Gasteiger partial charge in [-0.1, -0.05) is 27.9 Å². The summed E-state index contributed by atoms with van der Waals surface area (Å²) >= 11 is 0. The van der Waals surface area contributed by atoms with E-state index in [9.17, 15) is 9.59 Å². The summed E-state index contributed by atoms with van der Waals surface area (Å²) in [6.07, 6.45) is 0. The lowest BCUT2D eigenvalue weighted by Crippen LogP contribution is -2.55. The molecule has 1 aliphatic rings. The summed E-state index contributed by atoms with van der Waals surface area (Å²) in [5.74, 6) is -0.0107. The van der Waals surface area contributed by atoms with Crippen LogP contribution >= 0.6 is 0 Å². The maximum Gasteiger partial charge on any atom is 0.193 e. The highest BCUT2D eigenvalue weighted by Crippen LogP contribution is 2.22. The van der Waals surface area contributed by atoms with Crippen LogP contribution in [0.2, 0.25) is 0 Å². The topological polar surface area (TPSA) is 34.1 Å². The second-order valence-electron chi connectivity index (χ2n) is 6.77. The minimum Gasteiger partial charge on any atom is -0.289 e. The number of hydrogen-bond donors (Lipinski definition) is 0. The fraction of sp³-hybridized carbons (Fsp3) is 0. The summed E-state index contributed by atoms with van der Waals surface area (Å²) in [5.41, 5.74) is 9.52. The highest BCUT2D eigenvalue weighted by atomic mass is 16.1. The highest BCUT2D eigenvalue weighted by Gasteiger charge is 2.34. The fourth-order valence-corrected chi connectivity index (χ4v) is 3.69. The van der Waals surface area contributed by atoms with Gasteiger partial charge in [0.15, 0.2) is 11.6 Å². The van der Waals surface area contributed by atoms with Crippen LogP contribution in [0.25, 0.3) is 0 Å². The molecule has 2 nitrogen and oxygen atoms in total. The summed E-state index contributed by atoms with van der Waals surface area (Å²) in [4.78, 5) is 26.4. The van der Waals surface area contributed by atoms with Crippen molar-refractivity contribution in [2.24, 2.45) is 0 Å². The Kier molecular flexibility index (Phi) is 3.59. The second kappa shape index (κ2) is 5.12. The maximum absolute atomic E-state index is 13.2. The van der Waals surface area contributed by atoms with Crippen LogP contribution in [-0.2, 0) is 0 Å². The smallest absolute Gasteiger partial charge is 0.193 e. The first kappa shape index (κ1) is 16.1. The lowest BCUT2D eigenvalue weighted by atomic mass is 9.59. The van der Waals surface area contributed by atoms with Gasteiger partial charge in [-0.2, -0.15) is 0 Å². The summed E-state index contributed by atoms with van der Waals surface area (Å²) in [5, 5.41) is 0. The normalized spacial score (nSPS) is 12.9. The minimum atomic E-state index is -0.00972. The van der Waals surface area contributed by atoms with E-state index in [1.165, 1.54) is 0 Å². The van der Waals surface area contributed by atoms with Crippen molar-refractivity contribution in [1.82, 2.24) is 0 Å². The van der Waals surface area contributed by atoms with E-state index in [1.807, 2.05) is 61.0 Å². The molecule has 0 fully saturated rings. The van der Waals surface area contributed by atoms with Crippen molar-refractivity contribution in [3.63, 3.8) is 0 Å². The standard InChI is InChI=1S/C14H15B7O2/c15-3-1-2-4(8(17)7(3)16)14(23)6-5(13(2)22)9(18)11(20)12(21)10(6)19/h1H,15-21H2. The third-order valence-corrected chi connectivity index (χ3v) is 5.77. The van der Waals surface area contributed by atoms with Crippen LogP contribution in [0.1, 0.15) is 31.8 Å². The number of fused-ring (bicyclic) bond motifs is 2. The molecule has 0 saturated carbocycles. The summed E-state index contributed by atoms with van der Waals surface area (Å²) in [7, 11) is 13.9. The largest absolute Gasteiger partial charge is 0.289 e. The van der Waals surface area contributed by atoms with Gasteiger partial charge in [0, 0.05) is 22.3 Å². The van der Waals surface area contributed by atoms with Crippen LogP contribution in [0, 0.1) is 0 Å². The molecule has 0 radical (unpaired) electrons. The van der Waals surface area contributed by atoms with E-state index in [1.54, 1.807) is 0 Å². The van der Waals surface area contributed by atoms with Crippen LogP contribution in [0.3, 0.4) is 0 Å². The van der Waals surface area contributed by atoms with E-state index in [0.29, 0.717) is 22.3 Å². The predicted octanol–water partition coefficient (Wildman–Crippen LogP) is -9.73. The quantitative estimate of drug-likeness (QED) is 0.386. The summed E-state index contributed by atoms with van der Waals surface area (Å²) in [6, 6.07) is 1.88. The van der Waals surface area contributed by atoms with E-state index >= 15 is 0 Å². The van der Waals surface area contributed by atoms with Crippen molar-refractivity contribution < 1.29 is 9.59 Å². The molecule has 2 aromatic rings. The molecule has 0 aliphatic heterocycles. The molecule has 0 atom stereocenters. The van der Waals surface area contributed by atoms with E-state index in [-0.39, 0.29) is 11.6 Å². The molecule has 23 heavy (non-hydrogen) atoms. The first-order chi connectivity index (χ1) is 10.7. The van der Waals surface area contributed by atoms with Crippen molar-refractivity contribution in [3.05, 3.63) is 28.3 Å². The Morgan fingerprint density at radius 2 is 0.957 bits per heavy atom. The van der Waals surface area contributed by atoms with Gasteiger partial charge in [0.05, 0.1) is 0 Å². The third-order valence-electron chi connectivity index (χ3n) is 5.77. The Balaban J connectivity index is 2.48. The van der Waals surface area contributed by atoms with Gasteiger partial charge in [0.2, 0.25) is 0 Å². The van der Waals surface area contributed by atoms with Crippen LogP contribution in [0.4, 0.5) is 0 Å². The molecule has 0 heterocycles. The SMILES string of the molecule is Bc1cc2c(c(B)c1B)C(=O)c1c(B)c(B)c(B)c(B)c1C2=O. The van der Waals surface area contributed by atoms with E-state index in [4.69, 9.17) is 0 Å². The lowest BCUT2D eigenvalue weighted by Gasteiger charge is -2.27. The molecule has 0 aromatic heterocycles. The zero-order valence-electron chi connectivity index (χ0n) is 14.9. The van der Waals surface area contributed by atoms with Gasteiger partial charge in [0.25, 0.3) is 0 Å². The zero-order chi connectivity index (χ0) is 17.2. The van der Waals surface area contributed by atoms with Gasteiger partial charge in [0.1, 0.15) is 54.9 Å². The van der Waals surface area contributed by atoms with Gasteiger partial charge < -0.3 is 0 Å². The average molecular weight is 291 g/mol. The first-order valence-electron chi connectivity index (χ1n) is 7.99. The Morgan fingerprint density at radius 3 is 1.48 bits per heavy atom. The number of benzene rings is 2. The van der Waals surface area contributed by atoms with E-state index < -0.39 is 0 Å². The molecule has 9 heteroatoms. The molecule has 0 N–H and O–H groups in total. The predicted molar refractivity (Wildman–Crippen MR) is 117 cm³/mol. The number of rotatable bonds is 0. The fourth-order valence-electron chi connectivity index (χ4n) is 3.69. The Labute approximate surface area is 143 Å². The van der Waals surface area contributed by atoms with Crippen molar-refractivity contribution in [3.8, 4) is 0 Å². The molecular formula is C14H15B7O2. The van der Waals surface area contributed by atoms with Crippen LogP contribution in [-0.4, -0.2) is 66.5 Å². The van der Waals surface area contributed by atoms with Gasteiger partial charge >= 0.3 is 0 Å². The van der Waals surface area contributed by atoms with Gasteiger partial charge in [-0.25, -0.2) is 0 Å². The molecule has 0 spiro atoms. The maximum atomic E-state index is 13.2. The molecule has 104 valence electrons. The van der Waals surface area contributed by atoms with Gasteiger partial charge in [-0.05, 0) is 0 Å². The number of carbonyl (C=O) groups is 2. The summed E-state index contributed by atoms with van der Waals surface area (Å²) < 4.78 is 0. The van der Waals surface area contributed by atoms with Gasteiger partial charge in [-0.15, -0.1) is 16.4 Å². The zero-order valence-corrected chi connectivity index (χ0v) is 14.9. The molecule has 2 aromatic carbocycles. The molecule has 0 saturated heterocycles. The first-order valence-corrected chi connectivity index (χ1v) is 7.99. The minimum absolute atomic E-state index is 0.00102. The molecular weight excluding hydrogens is 276 g/mol. The number of carbonyl (C=O) groups excluding carboxylic acids is 2. The van der Waals surface area contributed by atoms with Crippen molar-refractivity contribution >= 4 is 105 Å². The third kappa shape index (κ3) is 1.98. The molecule has 0 amide bonds. The second-order valence-corrected chi connectivity index (χ2v) is 6.77. The van der Waals surface area contributed by atoms with Crippen LogP contribution in [0.15, 0.2) is 6.07 Å². The Hall–Kier alpha value is -1.77. The number of ketones is 2. The van der Waals surface area contributed by atoms with E-state index in [0.717, 1.165) is 38.2 Å². The van der Waals surface area contributed by atoms with Gasteiger partial charge in [-0.3, -0.25) is 9.59 Å². The van der Waals surface area contributed by atoms with Crippen molar-refractivity contribution in [1.29, 1.82) is 0 Å². The molecule has 1 aliphatic carbocycles. The highest BCUT2D eigenvalue weighted by molar-refractivity contribution is 6.67. The van der Waals surface area contributed by atoms with Crippen molar-refractivity contribution in [2.45, 2.75) is 0 Å².